The van der Waals surface area contributed by atoms with Gasteiger partial charge < -0.3 is 5.02 Å². The zero-order chi connectivity index (χ0) is 8.97. The third-order valence-corrected chi connectivity index (χ3v) is 1.60. The molecule has 0 aliphatic rings. The second-order valence-corrected chi connectivity index (χ2v) is 2.41. The van der Waals surface area contributed by atoms with Crippen LogP contribution >= 0.6 is 0 Å². The first kappa shape index (κ1) is 8.57. The molecule has 0 saturated heterocycles. The van der Waals surface area contributed by atoms with Gasteiger partial charge >= 0.3 is 6.92 Å². The van der Waals surface area contributed by atoms with Gasteiger partial charge in [0, 0.05) is 0 Å². The second-order valence-electron chi connectivity index (χ2n) is 2.41. The van der Waals surface area contributed by atoms with Gasteiger partial charge in [-0.05, 0) is 17.6 Å². The van der Waals surface area contributed by atoms with Crippen LogP contribution in [0.15, 0.2) is 36.8 Å². The van der Waals surface area contributed by atoms with Crippen LogP contribution < -0.4 is 5.46 Å². The normalized spacial score (nSPS) is 8.67. The monoisotopic (exact) mass is 157 g/mol. The van der Waals surface area contributed by atoms with Gasteiger partial charge in [0.1, 0.15) is 0 Å². The van der Waals surface area contributed by atoms with E-state index in [2.05, 4.69) is 6.58 Å². The smallest absolute Gasteiger partial charge is 0.350 e. The van der Waals surface area contributed by atoms with Crippen molar-refractivity contribution >= 4 is 12.4 Å². The molecule has 0 atom stereocenters. The van der Waals surface area contributed by atoms with Crippen LogP contribution in [0.5, 0.6) is 0 Å². The van der Waals surface area contributed by atoms with Crippen LogP contribution in [-0.2, 0) is 0 Å². The van der Waals surface area contributed by atoms with Crippen LogP contribution in [0, 0.1) is 11.3 Å². The molecule has 0 aromatic heterocycles. The van der Waals surface area contributed by atoms with E-state index >= 15 is 0 Å². The van der Waals surface area contributed by atoms with Gasteiger partial charge in [0.05, 0.1) is 11.6 Å². The minimum Gasteiger partial charge on any atom is -0.443 e. The van der Waals surface area contributed by atoms with E-state index in [0.717, 1.165) is 5.46 Å². The molecule has 0 spiro atoms. The molecule has 0 aliphatic heterocycles. The minimum atomic E-state index is -0.641. The van der Waals surface area contributed by atoms with Gasteiger partial charge in [0.15, 0.2) is 0 Å². The van der Waals surface area contributed by atoms with E-state index < -0.39 is 6.92 Å². The average Bonchev–Trinajstić information content (AvgIpc) is 2.17. The van der Waals surface area contributed by atoms with Crippen LogP contribution in [0.2, 0.25) is 0 Å². The lowest BCUT2D eigenvalue weighted by Gasteiger charge is -1.99. The molecule has 0 unspecified atom stereocenters. The summed E-state index contributed by atoms with van der Waals surface area (Å²) in [5.74, 6) is 1.45. The third kappa shape index (κ3) is 1.74. The molecule has 0 heterocycles. The minimum absolute atomic E-state index is 0.593. The molecule has 58 valence electrons. The Hall–Kier alpha value is -1.53. The van der Waals surface area contributed by atoms with Gasteiger partial charge in [0.25, 0.3) is 0 Å². The largest absolute Gasteiger partial charge is 0.443 e. The topological polar surface area (TPSA) is 44.0 Å². The third-order valence-electron chi connectivity index (χ3n) is 1.60. The Kier molecular flexibility index (Phi) is 2.68. The first-order valence-corrected chi connectivity index (χ1v) is 3.58. The van der Waals surface area contributed by atoms with Gasteiger partial charge in [-0.3, -0.25) is 0 Å². The van der Waals surface area contributed by atoms with Crippen LogP contribution in [0.25, 0.3) is 0 Å². The van der Waals surface area contributed by atoms with Crippen molar-refractivity contribution in [2.75, 3.05) is 0 Å². The summed E-state index contributed by atoms with van der Waals surface area (Å²) < 4.78 is 0. The number of benzene rings is 1. The Bertz CT molecular complexity index is 312. The maximum absolute atomic E-state index is 9.29. The molecule has 1 N–H and O–H groups in total. The van der Waals surface area contributed by atoms with Crippen molar-refractivity contribution in [2.45, 2.75) is 0 Å². The first-order valence-electron chi connectivity index (χ1n) is 3.58. The summed E-state index contributed by atoms with van der Waals surface area (Å²) >= 11 is 0. The number of nitrogens with zero attached hydrogens (tertiary/aromatic N) is 1. The Balaban J connectivity index is 2.93. The fourth-order valence-corrected chi connectivity index (χ4v) is 0.891. The molecular formula is C9H8BNO. The summed E-state index contributed by atoms with van der Waals surface area (Å²) in [5.41, 5.74) is 1.35. The average molecular weight is 157 g/mol. The van der Waals surface area contributed by atoms with Crippen molar-refractivity contribution in [1.82, 2.24) is 0 Å². The molecule has 0 fully saturated rings. The fraction of sp³-hybridized carbons (Fsp3) is 0. The fourth-order valence-electron chi connectivity index (χ4n) is 0.891. The van der Waals surface area contributed by atoms with Gasteiger partial charge in [-0.2, -0.15) is 5.26 Å². The lowest BCUT2D eigenvalue weighted by molar-refractivity contribution is 0.599. The zero-order valence-corrected chi connectivity index (χ0v) is 6.57. The molecule has 0 radical (unpaired) electrons. The van der Waals surface area contributed by atoms with Crippen LogP contribution in [-0.4, -0.2) is 11.9 Å². The summed E-state index contributed by atoms with van der Waals surface area (Å²) in [6.07, 6.45) is 0. The first-order chi connectivity index (χ1) is 5.77. The molecule has 3 heteroatoms. The molecular weight excluding hydrogens is 149 g/mol. The highest BCUT2D eigenvalue weighted by Gasteiger charge is 2.07. The number of rotatable bonds is 2. The Morgan fingerprint density at radius 1 is 1.42 bits per heavy atom. The van der Waals surface area contributed by atoms with E-state index in [1.165, 1.54) is 5.98 Å². The van der Waals surface area contributed by atoms with E-state index in [1.54, 1.807) is 24.3 Å². The molecule has 12 heavy (non-hydrogen) atoms. The molecule has 0 bridgehead atoms. The maximum atomic E-state index is 9.29. The van der Waals surface area contributed by atoms with E-state index in [9.17, 15) is 5.02 Å². The Labute approximate surface area is 71.9 Å². The quantitative estimate of drug-likeness (QED) is 0.634. The highest BCUT2D eigenvalue weighted by atomic mass is 16.2. The SMILES string of the molecule is C=CB(O)c1ccc(C#N)cc1. The molecule has 0 saturated carbocycles. The van der Waals surface area contributed by atoms with E-state index in [4.69, 9.17) is 5.26 Å². The van der Waals surface area contributed by atoms with Crippen molar-refractivity contribution in [3.8, 4) is 6.07 Å². The highest BCUT2D eigenvalue weighted by Crippen LogP contribution is 1.94. The van der Waals surface area contributed by atoms with Crippen molar-refractivity contribution in [2.24, 2.45) is 0 Å². The standard InChI is InChI=1S/C9H8BNO/c1-2-10(12)9-5-3-8(7-11)4-6-9/h2-6,12H,1H2. The molecule has 2 nitrogen and oxygen atoms in total. The number of nitriles is 1. The summed E-state index contributed by atoms with van der Waals surface area (Å²) in [4.78, 5) is 0. The van der Waals surface area contributed by atoms with Crippen molar-refractivity contribution in [3.05, 3.63) is 42.4 Å². The predicted octanol–water partition coefficient (Wildman–Crippen LogP) is 0.474. The van der Waals surface area contributed by atoms with Gasteiger partial charge in [0.2, 0.25) is 0 Å². The van der Waals surface area contributed by atoms with Gasteiger partial charge in [-0.25, -0.2) is 0 Å². The number of hydrogen-bond donors (Lipinski definition) is 1. The zero-order valence-electron chi connectivity index (χ0n) is 6.57. The lowest BCUT2D eigenvalue weighted by atomic mass is 9.62. The summed E-state index contributed by atoms with van der Waals surface area (Å²) in [7, 11) is 0. The molecule has 1 rings (SSSR count). The lowest BCUT2D eigenvalue weighted by Crippen LogP contribution is -2.27. The summed E-state index contributed by atoms with van der Waals surface area (Å²) in [5, 5.41) is 17.8. The number of hydrogen-bond acceptors (Lipinski definition) is 2. The van der Waals surface area contributed by atoms with Crippen LogP contribution in [0.1, 0.15) is 5.56 Å². The Morgan fingerprint density at radius 2 is 2.00 bits per heavy atom. The van der Waals surface area contributed by atoms with Crippen molar-refractivity contribution in [1.29, 1.82) is 5.26 Å². The van der Waals surface area contributed by atoms with E-state index in [-0.39, 0.29) is 0 Å². The molecule has 1 aromatic carbocycles. The summed E-state index contributed by atoms with van der Waals surface area (Å²) in [6, 6.07) is 8.77. The molecule has 1 aromatic rings. The predicted molar refractivity (Wildman–Crippen MR) is 49.0 cm³/mol. The molecule has 0 aliphatic carbocycles. The summed E-state index contributed by atoms with van der Waals surface area (Å²) in [6.45, 7) is 2.82. The van der Waals surface area contributed by atoms with Crippen molar-refractivity contribution in [3.63, 3.8) is 0 Å². The highest BCUT2D eigenvalue weighted by molar-refractivity contribution is 6.70. The maximum Gasteiger partial charge on any atom is 0.350 e. The van der Waals surface area contributed by atoms with Crippen LogP contribution in [0.4, 0.5) is 0 Å². The van der Waals surface area contributed by atoms with Gasteiger partial charge in [-0.15, -0.1) is 6.58 Å². The van der Waals surface area contributed by atoms with E-state index in [1.807, 2.05) is 6.07 Å². The second kappa shape index (κ2) is 3.75. The Morgan fingerprint density at radius 3 is 2.42 bits per heavy atom. The van der Waals surface area contributed by atoms with E-state index in [0.29, 0.717) is 5.56 Å². The van der Waals surface area contributed by atoms with Gasteiger partial charge in [-0.1, -0.05) is 18.1 Å². The van der Waals surface area contributed by atoms with Crippen LogP contribution in [0.3, 0.4) is 0 Å². The molecule has 0 amide bonds. The van der Waals surface area contributed by atoms with Crippen molar-refractivity contribution < 1.29 is 5.02 Å².